The molecule has 0 unspecified atom stereocenters. The minimum absolute atomic E-state index is 0. The van der Waals surface area contributed by atoms with Crippen molar-refractivity contribution in [3.63, 3.8) is 0 Å². The molecule has 70 valence electrons. The molecule has 5 heteroatoms. The van der Waals surface area contributed by atoms with Crippen molar-refractivity contribution >= 4 is 17.6 Å². The van der Waals surface area contributed by atoms with Crippen LogP contribution in [-0.2, 0) is 4.79 Å². The zero-order valence-corrected chi connectivity index (χ0v) is 10.8. The van der Waals surface area contributed by atoms with Crippen LogP contribution in [0, 0.1) is 6.92 Å². The van der Waals surface area contributed by atoms with E-state index in [1.807, 2.05) is 6.92 Å². The van der Waals surface area contributed by atoms with E-state index in [9.17, 15) is 4.79 Å². The van der Waals surface area contributed by atoms with Crippen molar-refractivity contribution in [2.75, 3.05) is 6.61 Å². The van der Waals surface area contributed by atoms with E-state index in [1.165, 1.54) is 0 Å². The molecule has 0 saturated carbocycles. The van der Waals surface area contributed by atoms with Crippen LogP contribution < -0.4 is 34.3 Å². The SMILES string of the molecule is Cc1cc(Cl)ccc1OCC(=O)O.[Na+]. The molecule has 0 atom stereocenters. The third kappa shape index (κ3) is 4.33. The number of hydrogen-bond donors (Lipinski definition) is 1. The summed E-state index contributed by atoms with van der Waals surface area (Å²) in [5, 5.41) is 8.98. The largest absolute Gasteiger partial charge is 1.00 e. The van der Waals surface area contributed by atoms with Gasteiger partial charge in [-0.15, -0.1) is 0 Å². The van der Waals surface area contributed by atoms with Crippen LogP contribution >= 0.6 is 11.6 Å². The monoisotopic (exact) mass is 223 g/mol. The van der Waals surface area contributed by atoms with Gasteiger partial charge < -0.3 is 9.84 Å². The van der Waals surface area contributed by atoms with E-state index in [1.54, 1.807) is 18.2 Å². The zero-order valence-electron chi connectivity index (χ0n) is 8.08. The first-order valence-electron chi connectivity index (χ1n) is 3.70. The number of halogens is 1. The molecule has 1 rings (SSSR count). The quantitative estimate of drug-likeness (QED) is 0.677. The number of carboxylic acid groups (broad SMARTS) is 1. The number of benzene rings is 1. The van der Waals surface area contributed by atoms with Crippen molar-refractivity contribution < 1.29 is 44.2 Å². The third-order valence-corrected chi connectivity index (χ3v) is 1.72. The fourth-order valence-corrected chi connectivity index (χ4v) is 1.14. The van der Waals surface area contributed by atoms with Crippen LogP contribution in [0.1, 0.15) is 5.56 Å². The summed E-state index contributed by atoms with van der Waals surface area (Å²) in [6, 6.07) is 5.03. The van der Waals surface area contributed by atoms with E-state index >= 15 is 0 Å². The molecule has 0 heterocycles. The average Bonchev–Trinajstić information content (AvgIpc) is 2.02. The predicted octanol–water partition coefficient (Wildman–Crippen LogP) is -0.884. The van der Waals surface area contributed by atoms with Crippen LogP contribution in [0.15, 0.2) is 18.2 Å². The van der Waals surface area contributed by atoms with Crippen molar-refractivity contribution in [1.29, 1.82) is 0 Å². The Bertz CT molecular complexity index is 328. The normalized spacial score (nSPS) is 9.00. The van der Waals surface area contributed by atoms with E-state index in [2.05, 4.69) is 0 Å². The van der Waals surface area contributed by atoms with Gasteiger partial charge in [-0.2, -0.15) is 0 Å². The molecule has 1 aromatic rings. The Kier molecular flexibility index (Phi) is 6.20. The molecule has 0 spiro atoms. The van der Waals surface area contributed by atoms with E-state index in [0.717, 1.165) is 5.56 Å². The summed E-state index contributed by atoms with van der Waals surface area (Å²) < 4.78 is 5.00. The Labute approximate surface area is 109 Å². The second kappa shape index (κ2) is 6.30. The average molecular weight is 224 g/mol. The maximum atomic E-state index is 10.2. The predicted molar refractivity (Wildman–Crippen MR) is 49.3 cm³/mol. The van der Waals surface area contributed by atoms with Crippen LogP contribution in [0.25, 0.3) is 0 Å². The Morgan fingerprint density at radius 2 is 2.21 bits per heavy atom. The van der Waals surface area contributed by atoms with Crippen molar-refractivity contribution in [2.45, 2.75) is 6.92 Å². The molecule has 0 aliphatic rings. The van der Waals surface area contributed by atoms with Crippen LogP contribution in [0.5, 0.6) is 5.75 Å². The Morgan fingerprint density at radius 1 is 1.57 bits per heavy atom. The van der Waals surface area contributed by atoms with Crippen molar-refractivity contribution in [3.8, 4) is 5.75 Å². The van der Waals surface area contributed by atoms with Gasteiger partial charge in [0.1, 0.15) is 5.75 Å². The summed E-state index contributed by atoms with van der Waals surface area (Å²) in [5.41, 5.74) is 0.828. The molecule has 3 nitrogen and oxygen atoms in total. The Morgan fingerprint density at radius 3 is 2.71 bits per heavy atom. The summed E-state index contributed by atoms with van der Waals surface area (Å²) in [4.78, 5) is 10.2. The number of aliphatic carboxylic acids is 1. The van der Waals surface area contributed by atoms with Crippen LogP contribution in [0.4, 0.5) is 0 Å². The molecule has 0 fully saturated rings. The van der Waals surface area contributed by atoms with Gasteiger partial charge in [0.05, 0.1) is 0 Å². The second-order valence-electron chi connectivity index (χ2n) is 2.59. The molecule has 1 aromatic carbocycles. The maximum absolute atomic E-state index is 10.2. The topological polar surface area (TPSA) is 46.5 Å². The Hall–Kier alpha value is -0.220. The number of ether oxygens (including phenoxy) is 1. The van der Waals surface area contributed by atoms with Crippen molar-refractivity contribution in [2.24, 2.45) is 0 Å². The fourth-order valence-electron chi connectivity index (χ4n) is 0.914. The van der Waals surface area contributed by atoms with Gasteiger partial charge in [-0.05, 0) is 30.7 Å². The molecule has 14 heavy (non-hydrogen) atoms. The maximum Gasteiger partial charge on any atom is 1.00 e. The smallest absolute Gasteiger partial charge is 0.482 e. The van der Waals surface area contributed by atoms with E-state index in [-0.39, 0.29) is 36.2 Å². The van der Waals surface area contributed by atoms with E-state index in [0.29, 0.717) is 10.8 Å². The molecule has 0 radical (unpaired) electrons. The van der Waals surface area contributed by atoms with Gasteiger partial charge >= 0.3 is 35.5 Å². The number of hydrogen-bond acceptors (Lipinski definition) is 2. The summed E-state index contributed by atoms with van der Waals surface area (Å²) >= 11 is 5.71. The molecular weight excluding hydrogens is 215 g/mol. The summed E-state index contributed by atoms with van der Waals surface area (Å²) in [7, 11) is 0. The van der Waals surface area contributed by atoms with Crippen LogP contribution in [0.2, 0.25) is 5.02 Å². The van der Waals surface area contributed by atoms with Gasteiger partial charge in [0.2, 0.25) is 0 Å². The molecule has 0 amide bonds. The van der Waals surface area contributed by atoms with Crippen LogP contribution in [0.3, 0.4) is 0 Å². The number of aryl methyl sites for hydroxylation is 1. The van der Waals surface area contributed by atoms with E-state index in [4.69, 9.17) is 21.4 Å². The second-order valence-corrected chi connectivity index (χ2v) is 3.03. The van der Waals surface area contributed by atoms with Crippen LogP contribution in [-0.4, -0.2) is 17.7 Å². The van der Waals surface area contributed by atoms with E-state index < -0.39 is 5.97 Å². The molecule has 1 N–H and O–H groups in total. The molecular formula is C9H9ClNaO3+. The molecule has 0 aliphatic carbocycles. The summed E-state index contributed by atoms with van der Waals surface area (Å²) in [5.74, 6) is -0.443. The molecule has 0 aliphatic heterocycles. The van der Waals surface area contributed by atoms with Crippen molar-refractivity contribution in [3.05, 3.63) is 28.8 Å². The third-order valence-electron chi connectivity index (χ3n) is 1.49. The molecule has 0 bridgehead atoms. The van der Waals surface area contributed by atoms with Gasteiger partial charge in [0, 0.05) is 5.02 Å². The molecule has 0 aromatic heterocycles. The first-order chi connectivity index (χ1) is 6.09. The number of carbonyl (C=O) groups is 1. The summed E-state index contributed by atoms with van der Waals surface area (Å²) in [6.45, 7) is 1.48. The first-order valence-corrected chi connectivity index (χ1v) is 4.08. The van der Waals surface area contributed by atoms with Gasteiger partial charge in [-0.25, -0.2) is 4.79 Å². The number of rotatable bonds is 3. The standard InChI is InChI=1S/C9H9ClO3.Na/c1-6-4-7(10)2-3-8(6)13-5-9(11)12;/h2-4H,5H2,1H3,(H,11,12);/q;+1. The fraction of sp³-hybridized carbons (Fsp3) is 0.222. The Balaban J connectivity index is 0.00000169. The zero-order chi connectivity index (χ0) is 9.84. The van der Waals surface area contributed by atoms with Gasteiger partial charge in [0.25, 0.3) is 0 Å². The minimum atomic E-state index is -0.991. The van der Waals surface area contributed by atoms with Gasteiger partial charge in [-0.3, -0.25) is 0 Å². The first kappa shape index (κ1) is 13.8. The van der Waals surface area contributed by atoms with Crippen molar-refractivity contribution in [1.82, 2.24) is 0 Å². The van der Waals surface area contributed by atoms with Gasteiger partial charge in [0.15, 0.2) is 6.61 Å². The minimum Gasteiger partial charge on any atom is -0.482 e. The van der Waals surface area contributed by atoms with Gasteiger partial charge in [-0.1, -0.05) is 11.6 Å². The number of carboxylic acids is 1. The summed E-state index contributed by atoms with van der Waals surface area (Å²) in [6.07, 6.45) is 0. The molecule has 0 saturated heterocycles.